The van der Waals surface area contributed by atoms with Crippen molar-refractivity contribution in [1.29, 1.82) is 0 Å². The Morgan fingerprint density at radius 1 is 1.26 bits per heavy atom. The van der Waals surface area contributed by atoms with Crippen LogP contribution in [0, 0.1) is 0 Å². The van der Waals surface area contributed by atoms with Gasteiger partial charge in [0.2, 0.25) is 6.41 Å². The predicted molar refractivity (Wildman–Crippen MR) is 66.9 cm³/mol. The van der Waals surface area contributed by atoms with Crippen LogP contribution in [-0.2, 0) is 20.8 Å². The number of esters is 2. The summed E-state index contributed by atoms with van der Waals surface area (Å²) in [6.07, 6.45) is 0.509. The summed E-state index contributed by atoms with van der Waals surface area (Å²) in [7, 11) is 0. The van der Waals surface area contributed by atoms with Crippen molar-refractivity contribution in [2.45, 2.75) is 20.4 Å². The van der Waals surface area contributed by atoms with Gasteiger partial charge in [-0.3, -0.25) is 4.79 Å². The summed E-state index contributed by atoms with van der Waals surface area (Å²) in [5, 5.41) is 2.84. The summed E-state index contributed by atoms with van der Waals surface area (Å²) in [5.41, 5.74) is -0.0759. The summed E-state index contributed by atoms with van der Waals surface area (Å²) >= 11 is 0.994. The largest absolute Gasteiger partial charge is 0.462 e. The summed E-state index contributed by atoms with van der Waals surface area (Å²) in [6, 6.07) is 0. The lowest BCUT2D eigenvalue weighted by Gasteiger charge is -2.01. The van der Waals surface area contributed by atoms with Gasteiger partial charge in [-0.1, -0.05) is 0 Å². The van der Waals surface area contributed by atoms with E-state index >= 15 is 0 Å². The molecule has 0 aliphatic carbocycles. The van der Waals surface area contributed by atoms with Crippen LogP contribution in [0.3, 0.4) is 0 Å². The Morgan fingerprint density at radius 2 is 1.89 bits per heavy atom. The SMILES string of the molecule is CCOC(=O)c1nc(CNC=O)sc1C(=O)OCC. The molecule has 1 amide bonds. The van der Waals surface area contributed by atoms with Crippen molar-refractivity contribution in [2.75, 3.05) is 13.2 Å². The molecule has 19 heavy (non-hydrogen) atoms. The molecule has 104 valence electrons. The molecule has 1 rings (SSSR count). The Kier molecular flexibility index (Phi) is 5.94. The van der Waals surface area contributed by atoms with Gasteiger partial charge in [0.05, 0.1) is 19.8 Å². The average Bonchev–Trinajstić information content (AvgIpc) is 2.81. The maximum atomic E-state index is 11.7. The molecule has 1 N–H and O–H groups in total. The van der Waals surface area contributed by atoms with Gasteiger partial charge < -0.3 is 14.8 Å². The van der Waals surface area contributed by atoms with Crippen molar-refractivity contribution >= 4 is 29.7 Å². The molecule has 0 atom stereocenters. The van der Waals surface area contributed by atoms with Crippen molar-refractivity contribution < 1.29 is 23.9 Å². The highest BCUT2D eigenvalue weighted by molar-refractivity contribution is 7.13. The number of thiazole rings is 1. The first kappa shape index (κ1) is 15.1. The molecule has 0 radical (unpaired) electrons. The van der Waals surface area contributed by atoms with Crippen LogP contribution in [-0.4, -0.2) is 36.5 Å². The molecule has 0 aliphatic heterocycles. The molecule has 0 aromatic carbocycles. The van der Waals surface area contributed by atoms with Gasteiger partial charge in [-0.25, -0.2) is 14.6 Å². The average molecular weight is 286 g/mol. The number of aromatic nitrogens is 1. The van der Waals surface area contributed by atoms with E-state index in [0.717, 1.165) is 11.3 Å². The zero-order chi connectivity index (χ0) is 14.3. The molecule has 8 heteroatoms. The van der Waals surface area contributed by atoms with E-state index in [0.29, 0.717) is 11.4 Å². The van der Waals surface area contributed by atoms with E-state index in [2.05, 4.69) is 10.3 Å². The van der Waals surface area contributed by atoms with Gasteiger partial charge in [-0.15, -0.1) is 11.3 Å². The third kappa shape index (κ3) is 4.02. The van der Waals surface area contributed by atoms with Crippen molar-refractivity contribution in [3.05, 3.63) is 15.6 Å². The van der Waals surface area contributed by atoms with Gasteiger partial charge in [0.15, 0.2) is 5.69 Å². The van der Waals surface area contributed by atoms with E-state index < -0.39 is 11.9 Å². The molecule has 1 heterocycles. The van der Waals surface area contributed by atoms with E-state index in [1.165, 1.54) is 0 Å². The summed E-state index contributed by atoms with van der Waals surface area (Å²) in [5.74, 6) is -1.31. The second kappa shape index (κ2) is 7.47. The minimum absolute atomic E-state index is 0.0759. The van der Waals surface area contributed by atoms with Gasteiger partial charge in [-0.2, -0.15) is 0 Å². The fourth-order valence-corrected chi connectivity index (χ4v) is 2.14. The zero-order valence-corrected chi connectivity index (χ0v) is 11.4. The standard InChI is InChI=1S/C11H14N2O5S/c1-3-17-10(15)8-9(11(16)18-4-2)19-7(13-8)5-12-6-14/h6H,3-5H2,1-2H3,(H,12,14). The van der Waals surface area contributed by atoms with Crippen LogP contribution in [0.2, 0.25) is 0 Å². The normalized spacial score (nSPS) is 9.79. The van der Waals surface area contributed by atoms with Gasteiger partial charge in [0.1, 0.15) is 9.88 Å². The molecule has 0 bridgehead atoms. The first-order valence-corrected chi connectivity index (χ1v) is 6.46. The molecule has 0 saturated carbocycles. The summed E-state index contributed by atoms with van der Waals surface area (Å²) < 4.78 is 9.67. The Bertz CT molecular complexity index is 436. The second-order valence-corrected chi connectivity index (χ2v) is 4.31. The smallest absolute Gasteiger partial charge is 0.358 e. The Balaban J connectivity index is 3.02. The maximum absolute atomic E-state index is 11.7. The first-order chi connectivity index (χ1) is 9.13. The molecule has 0 fully saturated rings. The van der Waals surface area contributed by atoms with Gasteiger partial charge in [0.25, 0.3) is 0 Å². The zero-order valence-electron chi connectivity index (χ0n) is 10.6. The lowest BCUT2D eigenvalue weighted by Crippen LogP contribution is -2.13. The van der Waals surface area contributed by atoms with Crippen LogP contribution in [0.1, 0.15) is 39.0 Å². The van der Waals surface area contributed by atoms with Crippen LogP contribution in [0.5, 0.6) is 0 Å². The predicted octanol–water partition coefficient (Wildman–Crippen LogP) is 0.742. The fraction of sp³-hybridized carbons (Fsp3) is 0.455. The fourth-order valence-electron chi connectivity index (χ4n) is 1.24. The van der Waals surface area contributed by atoms with Gasteiger partial charge >= 0.3 is 11.9 Å². The highest BCUT2D eigenvalue weighted by Gasteiger charge is 2.25. The molecule has 7 nitrogen and oxygen atoms in total. The third-order valence-corrected chi connectivity index (χ3v) is 2.97. The van der Waals surface area contributed by atoms with Crippen molar-refractivity contribution in [1.82, 2.24) is 10.3 Å². The van der Waals surface area contributed by atoms with E-state index in [9.17, 15) is 14.4 Å². The number of nitrogens with one attached hydrogen (secondary N) is 1. The molecule has 0 unspecified atom stereocenters. The monoisotopic (exact) mass is 286 g/mol. The number of hydrogen-bond acceptors (Lipinski definition) is 7. The first-order valence-electron chi connectivity index (χ1n) is 5.65. The summed E-state index contributed by atoms with van der Waals surface area (Å²) in [4.78, 5) is 37.7. The molecule has 1 aromatic rings. The van der Waals surface area contributed by atoms with Crippen LogP contribution < -0.4 is 5.32 Å². The number of nitrogens with zero attached hydrogens (tertiary/aromatic N) is 1. The molecule has 1 aromatic heterocycles. The number of amides is 1. The number of hydrogen-bond donors (Lipinski definition) is 1. The lowest BCUT2D eigenvalue weighted by atomic mass is 10.3. The van der Waals surface area contributed by atoms with Crippen LogP contribution in [0.4, 0.5) is 0 Å². The Morgan fingerprint density at radius 3 is 2.47 bits per heavy atom. The van der Waals surface area contributed by atoms with Crippen molar-refractivity contribution in [3.8, 4) is 0 Å². The molecule has 0 saturated heterocycles. The number of carbonyl (C=O) groups excluding carboxylic acids is 3. The van der Waals surface area contributed by atoms with Crippen LogP contribution in [0.25, 0.3) is 0 Å². The minimum atomic E-state index is -0.681. The molecular formula is C11H14N2O5S. The number of carbonyl (C=O) groups is 3. The topological polar surface area (TPSA) is 94.6 Å². The molecule has 0 spiro atoms. The highest BCUT2D eigenvalue weighted by atomic mass is 32.1. The van der Waals surface area contributed by atoms with Crippen molar-refractivity contribution in [2.24, 2.45) is 0 Å². The third-order valence-electron chi connectivity index (χ3n) is 1.94. The maximum Gasteiger partial charge on any atom is 0.358 e. The van der Waals surface area contributed by atoms with E-state index in [1.807, 2.05) is 0 Å². The number of ether oxygens (including phenoxy) is 2. The molecular weight excluding hydrogens is 272 g/mol. The van der Waals surface area contributed by atoms with Crippen molar-refractivity contribution in [3.63, 3.8) is 0 Å². The quantitative estimate of drug-likeness (QED) is 0.587. The van der Waals surface area contributed by atoms with Crippen LogP contribution >= 0.6 is 11.3 Å². The molecule has 0 aliphatic rings. The lowest BCUT2D eigenvalue weighted by molar-refractivity contribution is -0.109. The Labute approximate surface area is 113 Å². The highest BCUT2D eigenvalue weighted by Crippen LogP contribution is 2.20. The summed E-state index contributed by atoms with van der Waals surface area (Å²) in [6.45, 7) is 3.84. The van der Waals surface area contributed by atoms with E-state index in [1.54, 1.807) is 13.8 Å². The van der Waals surface area contributed by atoms with E-state index in [-0.39, 0.29) is 30.3 Å². The Hall–Kier alpha value is -1.96. The number of rotatable bonds is 7. The van der Waals surface area contributed by atoms with Gasteiger partial charge in [-0.05, 0) is 13.8 Å². The van der Waals surface area contributed by atoms with Crippen LogP contribution in [0.15, 0.2) is 0 Å². The van der Waals surface area contributed by atoms with Gasteiger partial charge in [0, 0.05) is 0 Å². The van der Waals surface area contributed by atoms with E-state index in [4.69, 9.17) is 9.47 Å². The minimum Gasteiger partial charge on any atom is -0.462 e. The second-order valence-electron chi connectivity index (χ2n) is 3.23.